The molecule has 0 heterocycles. The van der Waals surface area contributed by atoms with Crippen LogP contribution in [0.1, 0.15) is 36.0 Å². The quantitative estimate of drug-likeness (QED) is 0.518. The normalized spacial score (nSPS) is 14.1. The van der Waals surface area contributed by atoms with Gasteiger partial charge in [-0.05, 0) is 32.0 Å². The number of ether oxygens (including phenoxy) is 1. The van der Waals surface area contributed by atoms with E-state index in [9.17, 15) is 14.4 Å². The highest BCUT2D eigenvalue weighted by atomic mass is 16.5. The number of nitrogens with zero attached hydrogens (tertiary/aromatic N) is 1. The number of carbonyl (C=O) groups is 3. The Morgan fingerprint density at radius 2 is 1.79 bits per heavy atom. The first-order valence-corrected chi connectivity index (χ1v) is 9.63. The minimum Gasteiger partial charge on any atom is -0.383 e. The van der Waals surface area contributed by atoms with E-state index in [0.717, 1.165) is 25.7 Å². The van der Waals surface area contributed by atoms with E-state index >= 15 is 0 Å². The molecule has 0 bridgehead atoms. The van der Waals surface area contributed by atoms with E-state index in [1.54, 1.807) is 43.3 Å². The molecule has 154 valence electrons. The molecule has 0 unspecified atom stereocenters. The van der Waals surface area contributed by atoms with Gasteiger partial charge in [0.15, 0.2) is 0 Å². The van der Waals surface area contributed by atoms with Crippen LogP contribution in [0.5, 0.6) is 0 Å². The molecule has 0 radical (unpaired) electrons. The van der Waals surface area contributed by atoms with Crippen LogP contribution in [-0.2, 0) is 14.3 Å². The van der Waals surface area contributed by atoms with E-state index in [2.05, 4.69) is 16.0 Å². The summed E-state index contributed by atoms with van der Waals surface area (Å²) >= 11 is 0. The van der Waals surface area contributed by atoms with Crippen molar-refractivity contribution in [1.82, 2.24) is 15.5 Å². The van der Waals surface area contributed by atoms with Gasteiger partial charge in [0.1, 0.15) is 0 Å². The fraction of sp³-hybridized carbons (Fsp3) is 0.550. The third-order valence-electron chi connectivity index (χ3n) is 4.59. The largest absolute Gasteiger partial charge is 0.383 e. The molecule has 28 heavy (non-hydrogen) atoms. The van der Waals surface area contributed by atoms with Crippen LogP contribution in [0.25, 0.3) is 0 Å². The standard InChI is InChI=1S/C20H30N4O4/c1-24(13-18(25)21-11-12-28-2)14-19(26)23-17-10-6-5-9-16(17)20(27)22-15-7-3-4-8-15/h5-6,9-10,15H,3-4,7-8,11-14H2,1-2H3,(H,21,25)(H,22,27)(H,23,26). The van der Waals surface area contributed by atoms with E-state index in [1.807, 2.05) is 0 Å². The summed E-state index contributed by atoms with van der Waals surface area (Å²) < 4.78 is 4.88. The van der Waals surface area contributed by atoms with Gasteiger partial charge in [-0.2, -0.15) is 0 Å². The van der Waals surface area contributed by atoms with Gasteiger partial charge >= 0.3 is 0 Å². The van der Waals surface area contributed by atoms with Crippen molar-refractivity contribution in [2.24, 2.45) is 0 Å². The van der Waals surface area contributed by atoms with E-state index in [0.29, 0.717) is 24.4 Å². The predicted molar refractivity (Wildman–Crippen MR) is 107 cm³/mol. The van der Waals surface area contributed by atoms with Crippen LogP contribution in [0.2, 0.25) is 0 Å². The number of para-hydroxylation sites is 1. The molecule has 8 heteroatoms. The molecular formula is C20H30N4O4. The van der Waals surface area contributed by atoms with Crippen LogP contribution in [0.15, 0.2) is 24.3 Å². The molecule has 1 aliphatic carbocycles. The molecule has 1 fully saturated rings. The van der Waals surface area contributed by atoms with E-state index in [1.165, 1.54) is 0 Å². The van der Waals surface area contributed by atoms with Gasteiger partial charge in [0.2, 0.25) is 11.8 Å². The van der Waals surface area contributed by atoms with E-state index in [4.69, 9.17) is 4.74 Å². The Morgan fingerprint density at radius 1 is 1.11 bits per heavy atom. The summed E-state index contributed by atoms with van der Waals surface area (Å²) in [7, 11) is 3.25. The maximum Gasteiger partial charge on any atom is 0.253 e. The number of likely N-dealkylation sites (N-methyl/N-ethyl adjacent to an activating group) is 1. The number of hydrogen-bond donors (Lipinski definition) is 3. The number of hydrogen-bond acceptors (Lipinski definition) is 5. The summed E-state index contributed by atoms with van der Waals surface area (Å²) in [6, 6.07) is 7.16. The minimum absolute atomic E-state index is 0.0380. The zero-order chi connectivity index (χ0) is 20.4. The van der Waals surface area contributed by atoms with Gasteiger partial charge in [-0.25, -0.2) is 0 Å². The first-order chi connectivity index (χ1) is 13.5. The van der Waals surface area contributed by atoms with Crippen molar-refractivity contribution in [1.29, 1.82) is 0 Å². The van der Waals surface area contributed by atoms with Crippen molar-refractivity contribution in [2.75, 3.05) is 45.7 Å². The summed E-state index contributed by atoms with van der Waals surface area (Å²) in [4.78, 5) is 38.3. The number of anilines is 1. The molecule has 0 aliphatic heterocycles. The number of nitrogens with one attached hydrogen (secondary N) is 3. The summed E-state index contributed by atoms with van der Waals surface area (Å²) in [5.74, 6) is -0.634. The third kappa shape index (κ3) is 7.28. The molecule has 0 atom stereocenters. The highest BCUT2D eigenvalue weighted by Gasteiger charge is 2.20. The summed E-state index contributed by atoms with van der Waals surface area (Å²) in [6.45, 7) is 1.01. The summed E-state index contributed by atoms with van der Waals surface area (Å²) in [6.07, 6.45) is 4.26. The van der Waals surface area contributed by atoms with Gasteiger partial charge in [0.25, 0.3) is 5.91 Å². The van der Waals surface area contributed by atoms with Gasteiger partial charge in [-0.3, -0.25) is 19.3 Å². The second-order valence-electron chi connectivity index (χ2n) is 7.06. The number of rotatable bonds is 10. The Bertz CT molecular complexity index is 674. The van der Waals surface area contributed by atoms with Gasteiger partial charge in [-0.1, -0.05) is 25.0 Å². The van der Waals surface area contributed by atoms with Crippen LogP contribution in [0.4, 0.5) is 5.69 Å². The molecule has 1 saturated carbocycles. The Kier molecular flexibility index (Phi) is 8.90. The second-order valence-corrected chi connectivity index (χ2v) is 7.06. The number of amides is 3. The second kappa shape index (κ2) is 11.4. The minimum atomic E-state index is -0.284. The van der Waals surface area contributed by atoms with E-state index < -0.39 is 0 Å². The first kappa shape index (κ1) is 21.8. The summed E-state index contributed by atoms with van der Waals surface area (Å²) in [5.41, 5.74) is 0.920. The van der Waals surface area contributed by atoms with Gasteiger partial charge in [-0.15, -0.1) is 0 Å². The van der Waals surface area contributed by atoms with Crippen molar-refractivity contribution < 1.29 is 19.1 Å². The summed E-state index contributed by atoms with van der Waals surface area (Å²) in [5, 5.41) is 8.52. The molecule has 3 N–H and O–H groups in total. The molecule has 0 aromatic heterocycles. The molecule has 2 rings (SSSR count). The molecule has 0 saturated heterocycles. The zero-order valence-corrected chi connectivity index (χ0v) is 16.6. The fourth-order valence-corrected chi connectivity index (χ4v) is 3.21. The molecule has 8 nitrogen and oxygen atoms in total. The van der Waals surface area contributed by atoms with E-state index in [-0.39, 0.29) is 36.9 Å². The van der Waals surface area contributed by atoms with Crippen molar-refractivity contribution in [3.05, 3.63) is 29.8 Å². The number of benzene rings is 1. The Balaban J connectivity index is 1.85. The zero-order valence-electron chi connectivity index (χ0n) is 16.6. The Morgan fingerprint density at radius 3 is 2.50 bits per heavy atom. The van der Waals surface area contributed by atoms with Crippen LogP contribution < -0.4 is 16.0 Å². The smallest absolute Gasteiger partial charge is 0.253 e. The lowest BCUT2D eigenvalue weighted by molar-refractivity contribution is -0.123. The topological polar surface area (TPSA) is 99.8 Å². The van der Waals surface area contributed by atoms with Crippen LogP contribution >= 0.6 is 0 Å². The fourth-order valence-electron chi connectivity index (χ4n) is 3.21. The third-order valence-corrected chi connectivity index (χ3v) is 4.59. The lowest BCUT2D eigenvalue weighted by Gasteiger charge is -2.18. The van der Waals surface area contributed by atoms with Gasteiger partial charge in [0.05, 0.1) is 30.9 Å². The molecule has 1 aliphatic rings. The SMILES string of the molecule is COCCNC(=O)CN(C)CC(=O)Nc1ccccc1C(=O)NC1CCCC1. The monoisotopic (exact) mass is 390 g/mol. The molecule has 1 aromatic carbocycles. The molecular weight excluding hydrogens is 360 g/mol. The number of methoxy groups -OCH3 is 1. The highest BCUT2D eigenvalue weighted by Crippen LogP contribution is 2.20. The predicted octanol–water partition coefficient (Wildman–Crippen LogP) is 0.992. The maximum absolute atomic E-state index is 12.6. The van der Waals surface area contributed by atoms with Gasteiger partial charge < -0.3 is 20.7 Å². The average Bonchev–Trinajstić information content (AvgIpc) is 3.15. The molecule has 0 spiro atoms. The van der Waals surface area contributed by atoms with Crippen molar-refractivity contribution >= 4 is 23.4 Å². The Labute approximate surface area is 166 Å². The molecule has 3 amide bonds. The average molecular weight is 390 g/mol. The number of carbonyl (C=O) groups excluding carboxylic acids is 3. The molecule has 1 aromatic rings. The van der Waals surface area contributed by atoms with Gasteiger partial charge in [0, 0.05) is 19.7 Å². The lowest BCUT2D eigenvalue weighted by Crippen LogP contribution is -2.40. The van der Waals surface area contributed by atoms with Crippen molar-refractivity contribution in [2.45, 2.75) is 31.7 Å². The lowest BCUT2D eigenvalue weighted by atomic mass is 10.1. The van der Waals surface area contributed by atoms with Crippen LogP contribution in [-0.4, -0.2) is 69.1 Å². The van der Waals surface area contributed by atoms with Crippen molar-refractivity contribution in [3.63, 3.8) is 0 Å². The van der Waals surface area contributed by atoms with Crippen LogP contribution in [0.3, 0.4) is 0 Å². The Hall–Kier alpha value is -2.45. The van der Waals surface area contributed by atoms with Crippen LogP contribution in [0, 0.1) is 0 Å². The van der Waals surface area contributed by atoms with Crippen molar-refractivity contribution in [3.8, 4) is 0 Å². The highest BCUT2D eigenvalue weighted by molar-refractivity contribution is 6.04. The maximum atomic E-state index is 12.6. The first-order valence-electron chi connectivity index (χ1n) is 9.63.